The van der Waals surface area contributed by atoms with Crippen LogP contribution >= 0.6 is 0 Å². The third-order valence-electron chi connectivity index (χ3n) is 5.66. The third kappa shape index (κ3) is 2.77. The third-order valence-corrected chi connectivity index (χ3v) is 5.66. The number of urea groups is 1. The molecule has 132 valence electrons. The minimum Gasteiger partial charge on any atom is -0.337 e. The molecule has 2 aromatic rings. The fraction of sp³-hybridized carbons (Fsp3) is 0.500. The Morgan fingerprint density at radius 3 is 2.60 bits per heavy atom. The van der Waals surface area contributed by atoms with Gasteiger partial charge in [-0.2, -0.15) is 4.98 Å². The molecule has 0 spiro atoms. The summed E-state index contributed by atoms with van der Waals surface area (Å²) in [7, 11) is 0. The van der Waals surface area contributed by atoms with Crippen molar-refractivity contribution in [3.8, 4) is 11.4 Å². The van der Waals surface area contributed by atoms with Crippen molar-refractivity contribution in [1.29, 1.82) is 0 Å². The number of benzene rings is 1. The molecule has 25 heavy (non-hydrogen) atoms. The number of hydrogen-bond donors (Lipinski definition) is 1. The molecule has 1 N–H and O–H groups in total. The lowest BCUT2D eigenvalue weighted by atomic mass is 10.1. The first kappa shape index (κ1) is 16.1. The highest BCUT2D eigenvalue weighted by molar-refractivity contribution is 5.75. The van der Waals surface area contributed by atoms with Crippen LogP contribution in [0.25, 0.3) is 11.4 Å². The van der Waals surface area contributed by atoms with Gasteiger partial charge in [-0.15, -0.1) is 0 Å². The number of carbonyl (C=O) groups is 1. The Bertz CT molecular complexity index is 788. The van der Waals surface area contributed by atoms with Crippen LogP contribution in [0.5, 0.6) is 0 Å². The van der Waals surface area contributed by atoms with Gasteiger partial charge in [0.25, 0.3) is 0 Å². The van der Waals surface area contributed by atoms with Crippen molar-refractivity contribution >= 4 is 6.03 Å². The van der Waals surface area contributed by atoms with Crippen LogP contribution in [0.2, 0.25) is 0 Å². The van der Waals surface area contributed by atoms with Crippen LogP contribution in [-0.4, -0.2) is 34.2 Å². The Kier molecular flexibility index (Phi) is 3.56. The summed E-state index contributed by atoms with van der Waals surface area (Å²) in [6.45, 7) is 7.94. The summed E-state index contributed by atoms with van der Waals surface area (Å²) in [5.41, 5.74) is 1.04. The normalized spacial score (nSPS) is 24.7. The van der Waals surface area contributed by atoms with Crippen LogP contribution in [0, 0.1) is 23.1 Å². The van der Waals surface area contributed by atoms with Gasteiger partial charge in [0.2, 0.25) is 11.7 Å². The maximum Gasteiger partial charge on any atom is 0.318 e. The lowest BCUT2D eigenvalue weighted by Gasteiger charge is -2.23. The minimum absolute atomic E-state index is 0.1000. The number of piperidine rings is 1. The van der Waals surface area contributed by atoms with Gasteiger partial charge in [-0.05, 0) is 48.4 Å². The van der Waals surface area contributed by atoms with Crippen LogP contribution in [0.4, 0.5) is 9.18 Å². The van der Waals surface area contributed by atoms with E-state index in [-0.39, 0.29) is 17.9 Å². The largest absolute Gasteiger partial charge is 0.337 e. The zero-order chi connectivity index (χ0) is 17.8. The number of fused-ring (bicyclic) bond motifs is 1. The molecule has 1 aromatic carbocycles. The molecule has 6 nitrogen and oxygen atoms in total. The van der Waals surface area contributed by atoms with Crippen molar-refractivity contribution in [3.05, 3.63) is 36.0 Å². The molecule has 2 fully saturated rings. The van der Waals surface area contributed by atoms with Crippen molar-refractivity contribution in [2.24, 2.45) is 17.3 Å². The minimum atomic E-state index is -0.390. The van der Waals surface area contributed by atoms with Crippen molar-refractivity contribution in [1.82, 2.24) is 20.4 Å². The number of nitrogens with zero attached hydrogens (tertiary/aromatic N) is 3. The first-order valence-corrected chi connectivity index (χ1v) is 8.51. The van der Waals surface area contributed by atoms with Gasteiger partial charge in [0.1, 0.15) is 11.9 Å². The second-order valence-corrected chi connectivity index (χ2v) is 7.57. The lowest BCUT2D eigenvalue weighted by molar-refractivity contribution is 0.190. The van der Waals surface area contributed by atoms with E-state index in [1.807, 2.05) is 4.90 Å². The first-order chi connectivity index (χ1) is 11.9. The highest BCUT2D eigenvalue weighted by Gasteiger charge is 2.62. The Morgan fingerprint density at radius 1 is 1.32 bits per heavy atom. The molecular formula is C18H21FN4O2. The summed E-state index contributed by atoms with van der Waals surface area (Å²) >= 11 is 0. The van der Waals surface area contributed by atoms with Gasteiger partial charge in [-0.25, -0.2) is 9.18 Å². The van der Waals surface area contributed by atoms with Crippen LogP contribution in [0.1, 0.15) is 32.7 Å². The lowest BCUT2D eigenvalue weighted by Crippen LogP contribution is -2.41. The molecule has 2 aliphatic rings. The van der Waals surface area contributed by atoms with Gasteiger partial charge in [0.05, 0.1) is 0 Å². The van der Waals surface area contributed by atoms with Gasteiger partial charge in [-0.3, -0.25) is 0 Å². The second-order valence-electron chi connectivity index (χ2n) is 7.57. The Hall–Kier alpha value is -2.44. The van der Waals surface area contributed by atoms with Crippen molar-refractivity contribution in [2.45, 2.75) is 26.8 Å². The highest BCUT2D eigenvalue weighted by Crippen LogP contribution is 2.61. The molecule has 2 amide bonds. The van der Waals surface area contributed by atoms with Gasteiger partial charge >= 0.3 is 6.03 Å². The van der Waals surface area contributed by atoms with Crippen molar-refractivity contribution in [2.75, 3.05) is 13.1 Å². The van der Waals surface area contributed by atoms with E-state index in [0.29, 0.717) is 34.5 Å². The average molecular weight is 344 g/mol. The van der Waals surface area contributed by atoms with E-state index in [9.17, 15) is 9.18 Å². The summed E-state index contributed by atoms with van der Waals surface area (Å²) in [5, 5.41) is 6.82. The fourth-order valence-electron chi connectivity index (χ4n) is 3.76. The monoisotopic (exact) mass is 344 g/mol. The number of likely N-dealkylation sites (tertiary alicyclic amines) is 1. The Balaban J connectivity index is 1.38. The van der Waals surface area contributed by atoms with Crippen molar-refractivity contribution in [3.63, 3.8) is 0 Å². The predicted octanol–water partition coefficient (Wildman–Crippen LogP) is 3.23. The quantitative estimate of drug-likeness (QED) is 0.928. The standard InChI is InChI=1S/C18H21FN4O2/c1-10(20-17(24)23-8-13-14(9-23)18(13,2)3)16-21-15(22-25-16)11-4-6-12(19)7-5-11/h4-7,10,13-14H,8-9H2,1-3H3,(H,20,24)/t10-,13-,14+/m1/s1. The zero-order valence-electron chi connectivity index (χ0n) is 14.5. The molecule has 0 radical (unpaired) electrons. The highest BCUT2D eigenvalue weighted by atomic mass is 19.1. The molecule has 1 saturated heterocycles. The molecule has 1 saturated carbocycles. The number of hydrogen-bond acceptors (Lipinski definition) is 4. The maximum atomic E-state index is 13.0. The SMILES string of the molecule is C[C@@H](NC(=O)N1C[C@@H]2[C@H](C1)C2(C)C)c1nc(-c2ccc(F)cc2)no1. The van der Waals surface area contributed by atoms with E-state index < -0.39 is 0 Å². The van der Waals surface area contributed by atoms with Gasteiger partial charge in [0, 0.05) is 18.7 Å². The summed E-state index contributed by atoms with van der Waals surface area (Å²) < 4.78 is 18.2. The van der Waals surface area contributed by atoms with Crippen LogP contribution in [-0.2, 0) is 0 Å². The topological polar surface area (TPSA) is 71.3 Å². The molecule has 4 rings (SSSR count). The molecule has 0 unspecified atom stereocenters. The van der Waals surface area contributed by atoms with Crippen LogP contribution in [0.3, 0.4) is 0 Å². The van der Waals surface area contributed by atoms with Crippen LogP contribution in [0.15, 0.2) is 28.8 Å². The molecule has 3 atom stereocenters. The molecular weight excluding hydrogens is 323 g/mol. The zero-order valence-corrected chi connectivity index (χ0v) is 14.5. The predicted molar refractivity (Wildman–Crippen MR) is 89.0 cm³/mol. The molecule has 7 heteroatoms. The van der Waals surface area contributed by atoms with Crippen molar-refractivity contribution < 1.29 is 13.7 Å². The number of nitrogens with one attached hydrogen (secondary N) is 1. The van der Waals surface area contributed by atoms with Gasteiger partial charge in [0.15, 0.2) is 0 Å². The Labute approximate surface area is 145 Å². The van der Waals surface area contributed by atoms with Crippen LogP contribution < -0.4 is 5.32 Å². The number of aromatic nitrogens is 2. The van der Waals surface area contributed by atoms with E-state index in [0.717, 1.165) is 13.1 Å². The summed E-state index contributed by atoms with van der Waals surface area (Å²) in [5.74, 6) is 1.61. The average Bonchev–Trinajstić information content (AvgIpc) is 3.07. The second kappa shape index (κ2) is 5.54. The van der Waals surface area contributed by atoms with E-state index in [2.05, 4.69) is 29.3 Å². The van der Waals surface area contributed by atoms with E-state index >= 15 is 0 Å². The maximum absolute atomic E-state index is 13.0. The molecule has 1 aromatic heterocycles. The molecule has 0 bridgehead atoms. The number of carbonyl (C=O) groups excluding carboxylic acids is 1. The fourth-order valence-corrected chi connectivity index (χ4v) is 3.76. The number of halogens is 1. The van der Waals surface area contributed by atoms with E-state index in [4.69, 9.17) is 4.52 Å². The van der Waals surface area contributed by atoms with Gasteiger partial charge in [-0.1, -0.05) is 19.0 Å². The van der Waals surface area contributed by atoms with E-state index in [1.165, 1.54) is 12.1 Å². The number of amides is 2. The summed E-state index contributed by atoms with van der Waals surface area (Å²) in [6, 6.07) is 5.38. The molecule has 1 aliphatic carbocycles. The van der Waals surface area contributed by atoms with E-state index in [1.54, 1.807) is 19.1 Å². The molecule has 2 heterocycles. The smallest absolute Gasteiger partial charge is 0.318 e. The summed E-state index contributed by atoms with van der Waals surface area (Å²) in [4.78, 5) is 18.6. The Morgan fingerprint density at radius 2 is 1.96 bits per heavy atom. The van der Waals surface area contributed by atoms with Gasteiger partial charge < -0.3 is 14.7 Å². The first-order valence-electron chi connectivity index (χ1n) is 8.51. The molecule has 1 aliphatic heterocycles. The number of rotatable bonds is 3. The summed E-state index contributed by atoms with van der Waals surface area (Å²) in [6.07, 6.45) is 0.